The minimum absolute atomic E-state index is 0.00718. The minimum atomic E-state index is -0.610. The normalized spacial score (nSPS) is 17.9. The lowest BCUT2D eigenvalue weighted by atomic mass is 9.77. The van der Waals surface area contributed by atoms with Gasteiger partial charge in [-0.3, -0.25) is 4.98 Å². The molecule has 1 aliphatic carbocycles. The summed E-state index contributed by atoms with van der Waals surface area (Å²) in [5.74, 6) is 0.00718. The van der Waals surface area contributed by atoms with Crippen LogP contribution in [0.4, 0.5) is 4.79 Å². The monoisotopic (exact) mass is 496 g/mol. The first-order valence-corrected chi connectivity index (χ1v) is 12.7. The lowest BCUT2D eigenvalue weighted by molar-refractivity contribution is 0.00578. The van der Waals surface area contributed by atoms with Gasteiger partial charge >= 0.3 is 13.2 Å². The van der Waals surface area contributed by atoms with E-state index in [0.717, 1.165) is 16.9 Å². The van der Waals surface area contributed by atoms with Crippen molar-refractivity contribution in [3.63, 3.8) is 0 Å². The molecule has 190 valence electrons. The highest BCUT2D eigenvalue weighted by Crippen LogP contribution is 2.44. The zero-order valence-corrected chi connectivity index (χ0v) is 22.1. The average Bonchev–Trinajstić information content (AvgIpc) is 3.29. The molecule has 37 heavy (non-hydrogen) atoms. The highest BCUT2D eigenvalue weighted by Gasteiger charge is 2.52. The number of ether oxygens (including phenoxy) is 1. The molecule has 0 unspecified atom stereocenters. The van der Waals surface area contributed by atoms with Gasteiger partial charge in [0.05, 0.1) is 16.9 Å². The van der Waals surface area contributed by atoms with Gasteiger partial charge in [0, 0.05) is 18.2 Å². The van der Waals surface area contributed by atoms with Crippen molar-refractivity contribution in [3.05, 3.63) is 94.7 Å². The Morgan fingerprint density at radius 1 is 0.946 bits per heavy atom. The van der Waals surface area contributed by atoms with Crippen molar-refractivity contribution >= 4 is 19.3 Å². The van der Waals surface area contributed by atoms with Crippen LogP contribution >= 0.6 is 0 Å². The number of carbonyl (C=O) groups is 1. The molecule has 1 aromatic heterocycles. The molecular weight excluding hydrogens is 463 g/mol. The van der Waals surface area contributed by atoms with E-state index in [0.29, 0.717) is 0 Å². The number of nitrogens with zero attached hydrogens (tertiary/aromatic N) is 1. The number of rotatable bonds is 6. The van der Waals surface area contributed by atoms with Crippen LogP contribution in [0.2, 0.25) is 0 Å². The Hall–Kier alpha value is -3.42. The van der Waals surface area contributed by atoms with Gasteiger partial charge in [0.25, 0.3) is 0 Å². The molecule has 0 radical (unpaired) electrons. The number of pyridine rings is 1. The third-order valence-electron chi connectivity index (χ3n) is 7.58. The molecule has 1 aliphatic heterocycles. The van der Waals surface area contributed by atoms with Gasteiger partial charge in [0.2, 0.25) is 0 Å². The lowest BCUT2D eigenvalue weighted by Gasteiger charge is -2.32. The molecule has 2 heterocycles. The summed E-state index contributed by atoms with van der Waals surface area (Å²) in [6.45, 7) is 10.4. The van der Waals surface area contributed by atoms with Crippen LogP contribution in [0.15, 0.2) is 72.2 Å². The van der Waals surface area contributed by atoms with Crippen LogP contribution in [-0.2, 0) is 14.0 Å². The lowest BCUT2D eigenvalue weighted by Crippen LogP contribution is -2.41. The van der Waals surface area contributed by atoms with Crippen molar-refractivity contribution in [1.29, 1.82) is 0 Å². The summed E-state index contributed by atoms with van der Waals surface area (Å²) in [5.41, 5.74) is 6.21. The van der Waals surface area contributed by atoms with Crippen molar-refractivity contribution in [2.75, 3.05) is 13.2 Å². The van der Waals surface area contributed by atoms with Gasteiger partial charge in [-0.2, -0.15) is 0 Å². The highest BCUT2D eigenvalue weighted by atomic mass is 16.7. The second-order valence-corrected chi connectivity index (χ2v) is 10.7. The van der Waals surface area contributed by atoms with E-state index in [-0.39, 0.29) is 19.1 Å². The van der Waals surface area contributed by atoms with E-state index in [9.17, 15) is 4.79 Å². The Bertz CT molecular complexity index is 1290. The van der Waals surface area contributed by atoms with Crippen molar-refractivity contribution in [2.45, 2.75) is 51.7 Å². The van der Waals surface area contributed by atoms with Crippen molar-refractivity contribution in [3.8, 4) is 11.1 Å². The first-order valence-electron chi connectivity index (χ1n) is 12.7. The summed E-state index contributed by atoms with van der Waals surface area (Å²) < 4.78 is 18.3. The topological polar surface area (TPSA) is 69.7 Å². The van der Waals surface area contributed by atoms with Gasteiger partial charge in [-0.05, 0) is 80.6 Å². The molecule has 0 bridgehead atoms. The summed E-state index contributed by atoms with van der Waals surface area (Å²) in [4.78, 5) is 17.4. The predicted octanol–water partition coefficient (Wildman–Crippen LogP) is 5.94. The number of aryl methyl sites for hydroxylation is 1. The smallest absolute Gasteiger partial charge is 0.449 e. The van der Waals surface area contributed by atoms with Gasteiger partial charge in [-0.1, -0.05) is 54.6 Å². The molecule has 1 amide bonds. The van der Waals surface area contributed by atoms with E-state index in [1.165, 1.54) is 22.3 Å². The molecule has 0 spiro atoms. The Kier molecular flexibility index (Phi) is 6.69. The Labute approximate surface area is 219 Å². The summed E-state index contributed by atoms with van der Waals surface area (Å²) in [7, 11) is -0.610. The molecule has 0 atom stereocenters. The molecule has 2 aliphatic rings. The van der Waals surface area contributed by atoms with Gasteiger partial charge < -0.3 is 19.4 Å². The Morgan fingerprint density at radius 2 is 1.54 bits per heavy atom. The standard InChI is InChI=1S/C30H33BN2O4/c1-20-11-10-12-22(33-20)17-21(31-36-29(2,3)30(4,5)37-31)18-32-28(34)35-19-27-25-15-8-6-13-23(25)24-14-7-9-16-26(24)27/h6-17,27H,18-19H2,1-5H3,(H,32,34). The number of hydrogen-bond acceptors (Lipinski definition) is 5. The number of benzene rings is 2. The van der Waals surface area contributed by atoms with E-state index in [4.69, 9.17) is 14.0 Å². The number of aromatic nitrogens is 1. The largest absolute Gasteiger partial charge is 0.492 e. The van der Waals surface area contributed by atoms with Crippen LogP contribution in [0.5, 0.6) is 0 Å². The van der Waals surface area contributed by atoms with E-state index in [1.807, 2.05) is 83.2 Å². The van der Waals surface area contributed by atoms with Crippen LogP contribution in [-0.4, -0.2) is 42.5 Å². The van der Waals surface area contributed by atoms with E-state index < -0.39 is 24.4 Å². The van der Waals surface area contributed by atoms with Crippen molar-refractivity contribution < 1.29 is 18.8 Å². The molecule has 2 aromatic carbocycles. The zero-order valence-electron chi connectivity index (χ0n) is 22.1. The maximum absolute atomic E-state index is 12.8. The van der Waals surface area contributed by atoms with Crippen LogP contribution < -0.4 is 5.32 Å². The number of amides is 1. The number of alkyl carbamates (subject to hydrolysis) is 1. The van der Waals surface area contributed by atoms with E-state index >= 15 is 0 Å². The SMILES string of the molecule is Cc1cccc(C=C(CNC(=O)OCC2c3ccccc3-c3ccccc32)B2OC(C)(C)C(C)(C)O2)n1. The first kappa shape index (κ1) is 25.2. The average molecular weight is 496 g/mol. The number of carbonyl (C=O) groups excluding carboxylic acids is 1. The summed E-state index contributed by atoms with van der Waals surface area (Å²) in [6, 6.07) is 22.4. The van der Waals surface area contributed by atoms with E-state index in [2.05, 4.69) is 34.6 Å². The molecule has 5 rings (SSSR count). The first-order chi connectivity index (χ1) is 17.6. The molecule has 7 heteroatoms. The van der Waals surface area contributed by atoms with Gasteiger partial charge in [-0.25, -0.2) is 4.79 Å². The molecule has 6 nitrogen and oxygen atoms in total. The third kappa shape index (κ3) is 5.06. The molecule has 3 aromatic rings. The second-order valence-electron chi connectivity index (χ2n) is 10.7. The van der Waals surface area contributed by atoms with Gasteiger partial charge in [-0.15, -0.1) is 0 Å². The van der Waals surface area contributed by atoms with Gasteiger partial charge in [0.1, 0.15) is 6.61 Å². The van der Waals surface area contributed by atoms with Crippen molar-refractivity contribution in [2.24, 2.45) is 0 Å². The fraction of sp³-hybridized carbons (Fsp3) is 0.333. The van der Waals surface area contributed by atoms with Crippen molar-refractivity contribution in [1.82, 2.24) is 10.3 Å². The summed E-state index contributed by atoms with van der Waals surface area (Å²) in [5, 5.41) is 2.90. The Morgan fingerprint density at radius 3 is 2.14 bits per heavy atom. The molecule has 1 fully saturated rings. The minimum Gasteiger partial charge on any atom is -0.449 e. The fourth-order valence-electron chi connectivity index (χ4n) is 4.85. The number of nitrogens with one attached hydrogen (secondary N) is 1. The summed E-state index contributed by atoms with van der Waals surface area (Å²) in [6.07, 6.45) is 1.43. The van der Waals surface area contributed by atoms with Crippen LogP contribution in [0, 0.1) is 6.92 Å². The highest BCUT2D eigenvalue weighted by molar-refractivity contribution is 6.56. The molecule has 1 saturated heterocycles. The quantitative estimate of drug-likeness (QED) is 0.428. The molecule has 0 saturated carbocycles. The molecule has 1 N–H and O–H groups in total. The van der Waals surface area contributed by atoms with Crippen LogP contribution in [0.1, 0.15) is 56.1 Å². The van der Waals surface area contributed by atoms with E-state index in [1.54, 1.807) is 0 Å². The second kappa shape index (κ2) is 9.80. The summed E-state index contributed by atoms with van der Waals surface area (Å²) >= 11 is 0. The Balaban J connectivity index is 1.29. The number of hydrogen-bond donors (Lipinski definition) is 1. The van der Waals surface area contributed by atoms with Gasteiger partial charge in [0.15, 0.2) is 0 Å². The number of fused-ring (bicyclic) bond motifs is 3. The van der Waals surface area contributed by atoms with Crippen LogP contribution in [0.25, 0.3) is 17.2 Å². The third-order valence-corrected chi connectivity index (χ3v) is 7.58. The maximum atomic E-state index is 12.8. The molecular formula is C30H33BN2O4. The zero-order chi connectivity index (χ0) is 26.2. The maximum Gasteiger partial charge on any atom is 0.492 e. The van der Waals surface area contributed by atoms with Crippen LogP contribution in [0.3, 0.4) is 0 Å². The predicted molar refractivity (Wildman–Crippen MR) is 146 cm³/mol. The fourth-order valence-corrected chi connectivity index (χ4v) is 4.85.